The number of allylic oxidation sites excluding steroid dienone is 1. The van der Waals surface area contributed by atoms with Gasteiger partial charge in [-0.1, -0.05) is 25.5 Å². The Kier molecular flexibility index (Phi) is 10.1. The van der Waals surface area contributed by atoms with Gasteiger partial charge in [0.15, 0.2) is 0 Å². The number of hydrogen-bond donors (Lipinski definition) is 2. The van der Waals surface area contributed by atoms with E-state index < -0.39 is 0 Å². The van der Waals surface area contributed by atoms with Gasteiger partial charge < -0.3 is 15.5 Å². The van der Waals surface area contributed by atoms with Crippen LogP contribution in [0.5, 0.6) is 0 Å². The first-order chi connectivity index (χ1) is 17.9. The summed E-state index contributed by atoms with van der Waals surface area (Å²) in [5.41, 5.74) is 1.31. The van der Waals surface area contributed by atoms with Crippen molar-refractivity contribution in [3.63, 3.8) is 0 Å². The van der Waals surface area contributed by atoms with Crippen molar-refractivity contribution in [2.24, 2.45) is 35.5 Å². The van der Waals surface area contributed by atoms with Gasteiger partial charge in [0.2, 0.25) is 11.8 Å². The molecule has 206 valence electrons. The summed E-state index contributed by atoms with van der Waals surface area (Å²) in [6, 6.07) is 2.35. The van der Waals surface area contributed by atoms with Crippen LogP contribution in [0.3, 0.4) is 0 Å². The molecule has 0 spiro atoms. The number of hydrogen-bond acceptors (Lipinski definition) is 5. The number of piperazine rings is 1. The lowest BCUT2D eigenvalue weighted by molar-refractivity contribution is -0.134. The van der Waals surface area contributed by atoms with Crippen molar-refractivity contribution >= 4 is 11.8 Å². The Bertz CT molecular complexity index is 843. The summed E-state index contributed by atoms with van der Waals surface area (Å²) < 4.78 is 0. The van der Waals surface area contributed by atoms with E-state index in [9.17, 15) is 9.59 Å². The molecule has 0 radical (unpaired) electrons. The van der Waals surface area contributed by atoms with Crippen molar-refractivity contribution < 1.29 is 9.59 Å². The second-order valence-corrected chi connectivity index (χ2v) is 12.4. The molecule has 7 nitrogen and oxygen atoms in total. The SMILES string of the molecule is CC1=C[C@@H](CNC(=O)C2CCC(C#N)CC2)[C@H](C(C)C)C[C@H]1CC(=O)N1CCN(C2CCCCN2)CC1. The number of carbonyl (C=O) groups excluding carboxylic acids is 2. The molecule has 7 heteroatoms. The Morgan fingerprint density at radius 2 is 1.84 bits per heavy atom. The van der Waals surface area contributed by atoms with Gasteiger partial charge in [-0.15, -0.1) is 0 Å². The third-order valence-corrected chi connectivity index (χ3v) is 9.69. The summed E-state index contributed by atoms with van der Waals surface area (Å²) in [4.78, 5) is 30.7. The second-order valence-electron chi connectivity index (χ2n) is 12.4. The Morgan fingerprint density at radius 3 is 2.46 bits per heavy atom. The van der Waals surface area contributed by atoms with Crippen LogP contribution in [-0.2, 0) is 9.59 Å². The van der Waals surface area contributed by atoms with Crippen molar-refractivity contribution in [3.8, 4) is 6.07 Å². The van der Waals surface area contributed by atoms with E-state index in [-0.39, 0.29) is 17.7 Å². The highest BCUT2D eigenvalue weighted by Crippen LogP contribution is 2.39. The van der Waals surface area contributed by atoms with E-state index >= 15 is 0 Å². The first kappa shape index (κ1) is 28.1. The van der Waals surface area contributed by atoms with E-state index in [4.69, 9.17) is 5.26 Å². The number of nitrogens with one attached hydrogen (secondary N) is 2. The summed E-state index contributed by atoms with van der Waals surface area (Å²) in [5, 5.41) is 16.0. The number of piperidine rings is 1. The molecule has 2 aliphatic carbocycles. The van der Waals surface area contributed by atoms with Crippen LogP contribution in [0.4, 0.5) is 0 Å². The highest BCUT2D eigenvalue weighted by molar-refractivity contribution is 5.78. The monoisotopic (exact) mass is 511 g/mol. The van der Waals surface area contributed by atoms with Crippen LogP contribution >= 0.6 is 0 Å². The maximum absolute atomic E-state index is 13.3. The quantitative estimate of drug-likeness (QED) is 0.506. The Balaban J connectivity index is 1.27. The zero-order chi connectivity index (χ0) is 26.4. The molecule has 2 saturated heterocycles. The van der Waals surface area contributed by atoms with Gasteiger partial charge in [0.1, 0.15) is 0 Å². The molecule has 2 heterocycles. The van der Waals surface area contributed by atoms with E-state index in [1.807, 2.05) is 0 Å². The highest BCUT2D eigenvalue weighted by Gasteiger charge is 2.35. The molecule has 1 unspecified atom stereocenters. The van der Waals surface area contributed by atoms with Gasteiger partial charge >= 0.3 is 0 Å². The first-order valence-electron chi connectivity index (χ1n) is 15.0. The summed E-state index contributed by atoms with van der Waals surface area (Å²) in [6.45, 7) is 12.1. The van der Waals surface area contributed by atoms with Crippen LogP contribution < -0.4 is 10.6 Å². The summed E-state index contributed by atoms with van der Waals surface area (Å²) in [5.74, 6) is 2.21. The van der Waals surface area contributed by atoms with Crippen molar-refractivity contribution in [1.82, 2.24) is 20.4 Å². The van der Waals surface area contributed by atoms with Crippen molar-refractivity contribution in [2.75, 3.05) is 39.3 Å². The molecule has 3 fully saturated rings. The fourth-order valence-corrected chi connectivity index (χ4v) is 7.12. The lowest BCUT2D eigenvalue weighted by Gasteiger charge is -2.42. The summed E-state index contributed by atoms with van der Waals surface area (Å²) in [6.07, 6.45) is 11.6. The minimum atomic E-state index is 0.0514. The number of nitriles is 1. The molecule has 4 atom stereocenters. The molecule has 2 amide bonds. The van der Waals surface area contributed by atoms with Crippen molar-refractivity contribution in [3.05, 3.63) is 11.6 Å². The maximum Gasteiger partial charge on any atom is 0.223 e. The molecule has 4 rings (SSSR count). The van der Waals surface area contributed by atoms with Gasteiger partial charge in [-0.3, -0.25) is 14.5 Å². The Labute approximate surface area is 224 Å². The molecule has 1 saturated carbocycles. The molecule has 2 aliphatic heterocycles. The number of rotatable bonds is 7. The molecule has 0 bridgehead atoms. The van der Waals surface area contributed by atoms with Crippen LogP contribution in [0.25, 0.3) is 0 Å². The zero-order valence-corrected chi connectivity index (χ0v) is 23.4. The molecule has 0 aromatic carbocycles. The van der Waals surface area contributed by atoms with Gasteiger partial charge in [0.05, 0.1) is 12.2 Å². The highest BCUT2D eigenvalue weighted by atomic mass is 16.2. The summed E-state index contributed by atoms with van der Waals surface area (Å²) in [7, 11) is 0. The molecule has 2 N–H and O–H groups in total. The third kappa shape index (κ3) is 7.35. The Morgan fingerprint density at radius 1 is 1.11 bits per heavy atom. The number of amides is 2. The lowest BCUT2D eigenvalue weighted by atomic mass is 9.69. The predicted octanol–water partition coefficient (Wildman–Crippen LogP) is 3.92. The zero-order valence-electron chi connectivity index (χ0n) is 23.4. The minimum Gasteiger partial charge on any atom is -0.355 e. The number of nitrogens with zero attached hydrogens (tertiary/aromatic N) is 3. The van der Waals surface area contributed by atoms with Gasteiger partial charge in [0, 0.05) is 51.0 Å². The average molecular weight is 512 g/mol. The topological polar surface area (TPSA) is 88.5 Å². The molecule has 0 aromatic heterocycles. The van der Waals surface area contributed by atoms with E-state index in [0.29, 0.717) is 48.7 Å². The van der Waals surface area contributed by atoms with Gasteiger partial charge in [-0.25, -0.2) is 0 Å². The van der Waals surface area contributed by atoms with Crippen LogP contribution in [0.15, 0.2) is 11.6 Å². The predicted molar refractivity (Wildman–Crippen MR) is 146 cm³/mol. The second kappa shape index (κ2) is 13.2. The largest absolute Gasteiger partial charge is 0.355 e. The maximum atomic E-state index is 13.3. The van der Waals surface area contributed by atoms with E-state index in [0.717, 1.165) is 64.8 Å². The standard InChI is InChI=1S/C30H49N5O2/c1-21(2)27-17-25(18-29(36)35-14-12-34(13-15-35)28-6-4-5-11-32-28)22(3)16-26(27)20-33-30(37)24-9-7-23(19-31)8-10-24/h16,21,23-28,32H,4-15,17-18,20H2,1-3H3,(H,33,37)/t23?,24?,25-,26-,27-,28?/m0/s1. The van der Waals surface area contributed by atoms with Crippen LogP contribution in [-0.4, -0.2) is 67.0 Å². The van der Waals surface area contributed by atoms with E-state index in [2.05, 4.69) is 53.3 Å². The fraction of sp³-hybridized carbons (Fsp3) is 0.833. The van der Waals surface area contributed by atoms with Gasteiger partial charge in [-0.05, 0) is 88.5 Å². The molecular weight excluding hydrogens is 462 g/mol. The number of carbonyl (C=O) groups is 2. The van der Waals surface area contributed by atoms with Gasteiger partial charge in [0.25, 0.3) is 0 Å². The van der Waals surface area contributed by atoms with E-state index in [1.54, 1.807) is 0 Å². The summed E-state index contributed by atoms with van der Waals surface area (Å²) >= 11 is 0. The third-order valence-electron chi connectivity index (χ3n) is 9.69. The van der Waals surface area contributed by atoms with Crippen molar-refractivity contribution in [1.29, 1.82) is 5.26 Å². The average Bonchev–Trinajstić information content (AvgIpc) is 2.93. The van der Waals surface area contributed by atoms with Crippen LogP contribution in [0, 0.1) is 46.8 Å². The normalized spacial score (nSPS) is 33.5. The van der Waals surface area contributed by atoms with Crippen molar-refractivity contribution in [2.45, 2.75) is 84.7 Å². The van der Waals surface area contributed by atoms with E-state index in [1.165, 1.54) is 24.8 Å². The minimum absolute atomic E-state index is 0.0514. The Hall–Kier alpha value is -1.91. The molecular formula is C30H49N5O2. The van der Waals surface area contributed by atoms with Crippen LogP contribution in [0.2, 0.25) is 0 Å². The smallest absolute Gasteiger partial charge is 0.223 e. The molecule has 0 aromatic rings. The van der Waals surface area contributed by atoms with Crippen LogP contribution in [0.1, 0.15) is 78.6 Å². The fourth-order valence-electron chi connectivity index (χ4n) is 7.12. The first-order valence-corrected chi connectivity index (χ1v) is 15.0. The van der Waals surface area contributed by atoms with Gasteiger partial charge in [-0.2, -0.15) is 5.26 Å². The lowest BCUT2D eigenvalue weighted by Crippen LogP contribution is -2.57. The molecule has 4 aliphatic rings. The molecule has 37 heavy (non-hydrogen) atoms.